The summed E-state index contributed by atoms with van der Waals surface area (Å²) in [6, 6.07) is 4.83. The Hall–Kier alpha value is -0.380. The summed E-state index contributed by atoms with van der Waals surface area (Å²) in [5.74, 6) is 0. The molecular formula is C13H21NOS. The molecular weight excluding hydrogens is 218 g/mol. The minimum atomic E-state index is 0.458. The molecule has 1 aliphatic heterocycles. The average molecular weight is 239 g/mol. The van der Waals surface area contributed by atoms with Gasteiger partial charge >= 0.3 is 0 Å². The molecule has 0 amide bonds. The van der Waals surface area contributed by atoms with Gasteiger partial charge in [-0.3, -0.25) is 0 Å². The minimum absolute atomic E-state index is 0.458. The first-order chi connectivity index (χ1) is 7.90. The van der Waals surface area contributed by atoms with E-state index in [0.717, 1.165) is 19.6 Å². The van der Waals surface area contributed by atoms with Gasteiger partial charge in [-0.15, -0.1) is 11.3 Å². The number of ether oxygens (including phenoxy) is 1. The Morgan fingerprint density at radius 2 is 2.50 bits per heavy atom. The summed E-state index contributed by atoms with van der Waals surface area (Å²) in [6.07, 6.45) is 5.37. The highest BCUT2D eigenvalue weighted by molar-refractivity contribution is 7.10. The van der Waals surface area contributed by atoms with Crippen LogP contribution in [0.15, 0.2) is 17.5 Å². The van der Waals surface area contributed by atoms with Crippen LogP contribution in [0.3, 0.4) is 0 Å². The Balaban J connectivity index is 1.91. The number of hydrogen-bond acceptors (Lipinski definition) is 3. The maximum absolute atomic E-state index is 5.82. The highest BCUT2D eigenvalue weighted by atomic mass is 32.1. The molecule has 2 atom stereocenters. The summed E-state index contributed by atoms with van der Waals surface area (Å²) in [5.41, 5.74) is 0. The number of rotatable bonds is 5. The zero-order valence-corrected chi connectivity index (χ0v) is 10.8. The van der Waals surface area contributed by atoms with Crippen molar-refractivity contribution in [1.29, 1.82) is 0 Å². The van der Waals surface area contributed by atoms with Gasteiger partial charge in [-0.2, -0.15) is 0 Å². The van der Waals surface area contributed by atoms with Crippen LogP contribution in [-0.2, 0) is 4.74 Å². The highest BCUT2D eigenvalue weighted by Gasteiger charge is 2.20. The van der Waals surface area contributed by atoms with Gasteiger partial charge in [0.1, 0.15) is 0 Å². The zero-order valence-electron chi connectivity index (χ0n) is 9.95. The van der Waals surface area contributed by atoms with E-state index in [4.69, 9.17) is 4.74 Å². The van der Waals surface area contributed by atoms with Gasteiger partial charge in [0.2, 0.25) is 0 Å². The summed E-state index contributed by atoms with van der Waals surface area (Å²) in [5, 5.41) is 5.72. The van der Waals surface area contributed by atoms with Crippen LogP contribution in [0, 0.1) is 0 Å². The number of nitrogens with one attached hydrogen (secondary N) is 1. The topological polar surface area (TPSA) is 21.3 Å². The Bertz CT molecular complexity index is 280. The Morgan fingerprint density at radius 3 is 3.12 bits per heavy atom. The highest BCUT2D eigenvalue weighted by Crippen LogP contribution is 2.27. The SMILES string of the molecule is CCNC(CC1CCCCO1)c1cccs1. The molecule has 0 aromatic carbocycles. The number of hydrogen-bond donors (Lipinski definition) is 1. The Morgan fingerprint density at radius 1 is 1.56 bits per heavy atom. The molecule has 2 unspecified atom stereocenters. The van der Waals surface area contributed by atoms with Crippen LogP contribution < -0.4 is 5.32 Å². The second-order valence-corrected chi connectivity index (χ2v) is 5.33. The third-order valence-electron chi connectivity index (χ3n) is 3.11. The second kappa shape index (κ2) is 6.38. The van der Waals surface area contributed by atoms with Crippen molar-refractivity contribution in [3.63, 3.8) is 0 Å². The van der Waals surface area contributed by atoms with Crippen molar-refractivity contribution in [2.75, 3.05) is 13.2 Å². The summed E-state index contributed by atoms with van der Waals surface area (Å²) in [6.45, 7) is 4.14. The molecule has 0 radical (unpaired) electrons. The lowest BCUT2D eigenvalue weighted by Gasteiger charge is -2.27. The van der Waals surface area contributed by atoms with E-state index >= 15 is 0 Å². The van der Waals surface area contributed by atoms with Crippen molar-refractivity contribution >= 4 is 11.3 Å². The third kappa shape index (κ3) is 3.30. The fraction of sp³-hybridized carbons (Fsp3) is 0.692. The fourth-order valence-corrected chi connectivity index (χ4v) is 3.11. The Labute approximate surface area is 102 Å². The third-order valence-corrected chi connectivity index (χ3v) is 4.10. The monoisotopic (exact) mass is 239 g/mol. The molecule has 1 N–H and O–H groups in total. The lowest BCUT2D eigenvalue weighted by molar-refractivity contribution is 0.00535. The zero-order chi connectivity index (χ0) is 11.2. The van der Waals surface area contributed by atoms with E-state index in [1.807, 2.05) is 11.3 Å². The molecule has 1 aromatic rings. The maximum atomic E-state index is 5.82. The van der Waals surface area contributed by atoms with Gasteiger partial charge in [-0.25, -0.2) is 0 Å². The molecule has 3 heteroatoms. The van der Waals surface area contributed by atoms with Crippen molar-refractivity contribution in [2.24, 2.45) is 0 Å². The lowest BCUT2D eigenvalue weighted by Crippen LogP contribution is -2.28. The standard InChI is InChI=1S/C13H21NOS/c1-2-14-12(13-7-5-9-16-13)10-11-6-3-4-8-15-11/h5,7,9,11-12,14H,2-4,6,8,10H2,1H3. The number of thiophene rings is 1. The van der Waals surface area contributed by atoms with Gasteiger partial charge in [-0.05, 0) is 43.7 Å². The molecule has 0 saturated carbocycles. The van der Waals surface area contributed by atoms with Crippen LogP contribution >= 0.6 is 11.3 Å². The predicted octanol–water partition coefficient (Wildman–Crippen LogP) is 3.36. The quantitative estimate of drug-likeness (QED) is 0.850. The van der Waals surface area contributed by atoms with Crippen LogP contribution in [0.2, 0.25) is 0 Å². The van der Waals surface area contributed by atoms with Crippen molar-refractivity contribution in [3.8, 4) is 0 Å². The molecule has 1 saturated heterocycles. The van der Waals surface area contributed by atoms with E-state index in [0.29, 0.717) is 12.1 Å². The van der Waals surface area contributed by atoms with E-state index in [-0.39, 0.29) is 0 Å². The van der Waals surface area contributed by atoms with Gasteiger partial charge in [0.25, 0.3) is 0 Å². The van der Waals surface area contributed by atoms with E-state index in [1.165, 1.54) is 24.1 Å². The van der Waals surface area contributed by atoms with Gasteiger partial charge < -0.3 is 10.1 Å². The van der Waals surface area contributed by atoms with E-state index in [9.17, 15) is 0 Å². The van der Waals surface area contributed by atoms with Crippen LogP contribution in [0.1, 0.15) is 43.5 Å². The summed E-state index contributed by atoms with van der Waals surface area (Å²) < 4.78 is 5.82. The van der Waals surface area contributed by atoms with Gasteiger partial charge in [0.15, 0.2) is 0 Å². The van der Waals surface area contributed by atoms with Crippen molar-refractivity contribution in [3.05, 3.63) is 22.4 Å². The van der Waals surface area contributed by atoms with Crippen molar-refractivity contribution < 1.29 is 4.74 Å². The van der Waals surface area contributed by atoms with E-state index < -0.39 is 0 Å². The molecule has 0 spiro atoms. The fourth-order valence-electron chi connectivity index (χ4n) is 2.29. The normalized spacial score (nSPS) is 23.2. The first kappa shape index (κ1) is 12.1. The summed E-state index contributed by atoms with van der Waals surface area (Å²) in [4.78, 5) is 1.44. The first-order valence-electron chi connectivity index (χ1n) is 6.28. The second-order valence-electron chi connectivity index (χ2n) is 4.35. The molecule has 2 nitrogen and oxygen atoms in total. The average Bonchev–Trinajstić information content (AvgIpc) is 2.83. The smallest absolute Gasteiger partial charge is 0.0593 e. The van der Waals surface area contributed by atoms with Gasteiger partial charge in [0.05, 0.1) is 6.10 Å². The van der Waals surface area contributed by atoms with Crippen molar-refractivity contribution in [2.45, 2.75) is 44.8 Å². The molecule has 2 heterocycles. The van der Waals surface area contributed by atoms with Crippen LogP contribution in [0.25, 0.3) is 0 Å². The Kier molecular flexibility index (Phi) is 4.82. The molecule has 2 rings (SSSR count). The molecule has 90 valence electrons. The lowest BCUT2D eigenvalue weighted by atomic mass is 10.0. The molecule has 1 fully saturated rings. The molecule has 16 heavy (non-hydrogen) atoms. The summed E-state index contributed by atoms with van der Waals surface area (Å²) in [7, 11) is 0. The summed E-state index contributed by atoms with van der Waals surface area (Å²) >= 11 is 1.84. The molecule has 1 aliphatic rings. The van der Waals surface area contributed by atoms with Crippen LogP contribution in [-0.4, -0.2) is 19.3 Å². The predicted molar refractivity (Wildman–Crippen MR) is 68.9 cm³/mol. The minimum Gasteiger partial charge on any atom is -0.378 e. The molecule has 0 aliphatic carbocycles. The van der Waals surface area contributed by atoms with Gasteiger partial charge in [0, 0.05) is 17.5 Å². The molecule has 0 bridgehead atoms. The van der Waals surface area contributed by atoms with E-state index in [2.05, 4.69) is 29.8 Å². The van der Waals surface area contributed by atoms with Crippen LogP contribution in [0.4, 0.5) is 0 Å². The first-order valence-corrected chi connectivity index (χ1v) is 7.16. The van der Waals surface area contributed by atoms with Crippen molar-refractivity contribution in [1.82, 2.24) is 5.32 Å². The van der Waals surface area contributed by atoms with Crippen LogP contribution in [0.5, 0.6) is 0 Å². The molecule has 1 aromatic heterocycles. The van der Waals surface area contributed by atoms with Gasteiger partial charge in [-0.1, -0.05) is 13.0 Å². The van der Waals surface area contributed by atoms with E-state index in [1.54, 1.807) is 0 Å². The maximum Gasteiger partial charge on any atom is 0.0593 e. The largest absolute Gasteiger partial charge is 0.378 e.